The molecule has 0 N–H and O–H groups in total. The number of esters is 1. The molecule has 2 aromatic rings. The van der Waals surface area contributed by atoms with E-state index in [1.165, 1.54) is 6.08 Å². The van der Waals surface area contributed by atoms with Gasteiger partial charge in [-0.2, -0.15) is 0 Å². The zero-order valence-electron chi connectivity index (χ0n) is 10.4. The van der Waals surface area contributed by atoms with Crippen molar-refractivity contribution in [2.45, 2.75) is 0 Å². The number of carbonyl (C=O) groups is 1. The van der Waals surface area contributed by atoms with Crippen LogP contribution in [0.15, 0.2) is 46.9 Å². The summed E-state index contributed by atoms with van der Waals surface area (Å²) in [7, 11) is 0. The van der Waals surface area contributed by atoms with Crippen molar-refractivity contribution >= 4 is 62.8 Å². The van der Waals surface area contributed by atoms with E-state index >= 15 is 0 Å². The predicted molar refractivity (Wildman–Crippen MR) is 90.3 cm³/mol. The third-order valence-corrected chi connectivity index (χ3v) is 3.99. The quantitative estimate of drug-likeness (QED) is 0.353. The molecule has 0 radical (unpaired) electrons. The molecule has 2 aromatic carbocycles. The molecule has 0 unspecified atom stereocenters. The third-order valence-electron chi connectivity index (χ3n) is 2.46. The summed E-state index contributed by atoms with van der Waals surface area (Å²) in [5, 5.41) is 1.22. The number of hydrogen-bond acceptors (Lipinski definition) is 2. The van der Waals surface area contributed by atoms with Crippen molar-refractivity contribution in [2.24, 2.45) is 0 Å². The lowest BCUT2D eigenvalue weighted by atomic mass is 10.2. The van der Waals surface area contributed by atoms with Crippen LogP contribution in [0.5, 0.6) is 5.75 Å². The molecule has 0 saturated carbocycles. The smallest absolute Gasteiger partial charge is 0.336 e. The molecule has 0 bridgehead atoms. The fraction of sp³-hybridized carbons (Fsp3) is 0. The van der Waals surface area contributed by atoms with Crippen molar-refractivity contribution < 1.29 is 9.53 Å². The van der Waals surface area contributed by atoms with E-state index in [1.54, 1.807) is 42.5 Å². The van der Waals surface area contributed by atoms with Gasteiger partial charge in [0.25, 0.3) is 0 Å². The maximum Gasteiger partial charge on any atom is 0.336 e. The minimum atomic E-state index is -0.537. The van der Waals surface area contributed by atoms with Crippen molar-refractivity contribution in [1.82, 2.24) is 0 Å². The van der Waals surface area contributed by atoms with E-state index in [4.69, 9.17) is 39.5 Å². The van der Waals surface area contributed by atoms with E-state index in [0.717, 1.165) is 10.0 Å². The van der Waals surface area contributed by atoms with Gasteiger partial charge in [0.05, 0.1) is 15.1 Å². The molecule has 2 nitrogen and oxygen atoms in total. The monoisotopic (exact) mass is 404 g/mol. The number of rotatable bonds is 3. The molecule has 0 amide bonds. The molecule has 0 heterocycles. The number of halogens is 4. The standard InChI is InChI=1S/C15H8BrCl3O2/c16-10-3-5-14(13(19)8-10)21-15(20)6-2-9-1-4-11(17)12(18)7-9/h1-8H/b6-2+. The van der Waals surface area contributed by atoms with Gasteiger partial charge in [-0.3, -0.25) is 0 Å². The Morgan fingerprint density at radius 3 is 2.43 bits per heavy atom. The highest BCUT2D eigenvalue weighted by atomic mass is 79.9. The predicted octanol–water partition coefficient (Wildman–Crippen LogP) is 6.03. The van der Waals surface area contributed by atoms with E-state index in [9.17, 15) is 4.79 Å². The third kappa shape index (κ3) is 4.75. The van der Waals surface area contributed by atoms with Crippen LogP contribution in [0.2, 0.25) is 15.1 Å². The van der Waals surface area contributed by atoms with Crippen LogP contribution in [-0.2, 0) is 4.79 Å². The Labute approximate surface area is 145 Å². The first-order valence-corrected chi connectivity index (χ1v) is 7.68. The lowest BCUT2D eigenvalue weighted by Crippen LogP contribution is -2.03. The molecule has 0 aliphatic carbocycles. The Balaban J connectivity index is 2.07. The molecule has 2 rings (SSSR count). The van der Waals surface area contributed by atoms with Crippen LogP contribution < -0.4 is 4.74 Å². The molecule has 21 heavy (non-hydrogen) atoms. The van der Waals surface area contributed by atoms with Crippen molar-refractivity contribution in [1.29, 1.82) is 0 Å². The summed E-state index contributed by atoms with van der Waals surface area (Å²) in [6, 6.07) is 10.0. The van der Waals surface area contributed by atoms with E-state index in [1.807, 2.05) is 0 Å². The van der Waals surface area contributed by atoms with Crippen molar-refractivity contribution in [2.75, 3.05) is 0 Å². The van der Waals surface area contributed by atoms with E-state index < -0.39 is 5.97 Å². The Morgan fingerprint density at radius 2 is 1.76 bits per heavy atom. The van der Waals surface area contributed by atoms with Gasteiger partial charge < -0.3 is 4.74 Å². The average molecular weight is 406 g/mol. The number of hydrogen-bond donors (Lipinski definition) is 0. The fourth-order valence-corrected chi connectivity index (χ4v) is 2.50. The van der Waals surface area contributed by atoms with Crippen LogP contribution in [0, 0.1) is 0 Å². The Hall–Kier alpha value is -1.000. The summed E-state index contributed by atoms with van der Waals surface area (Å²) in [6.07, 6.45) is 2.87. The van der Waals surface area contributed by atoms with Gasteiger partial charge in [0, 0.05) is 10.5 Å². The molecule has 0 atom stereocenters. The lowest BCUT2D eigenvalue weighted by molar-refractivity contribution is -0.128. The molecule has 0 aliphatic heterocycles. The maximum atomic E-state index is 11.7. The van der Waals surface area contributed by atoms with Crippen LogP contribution in [0.25, 0.3) is 6.08 Å². The summed E-state index contributed by atoms with van der Waals surface area (Å²) in [4.78, 5) is 11.7. The molecule has 6 heteroatoms. The Morgan fingerprint density at radius 1 is 1.00 bits per heavy atom. The van der Waals surface area contributed by atoms with Gasteiger partial charge in [-0.05, 0) is 42.0 Å². The molecule has 0 spiro atoms. The SMILES string of the molecule is O=C(/C=C/c1ccc(Cl)c(Cl)c1)Oc1ccc(Br)cc1Cl. The molecule has 0 aliphatic rings. The number of ether oxygens (including phenoxy) is 1. The summed E-state index contributed by atoms with van der Waals surface area (Å²) in [5.41, 5.74) is 0.739. The Kier molecular flexibility index (Phi) is 5.71. The zero-order valence-corrected chi connectivity index (χ0v) is 14.3. The molecular weight excluding hydrogens is 398 g/mol. The largest absolute Gasteiger partial charge is 0.422 e. The van der Waals surface area contributed by atoms with Crippen LogP contribution in [-0.4, -0.2) is 5.97 Å². The van der Waals surface area contributed by atoms with Crippen molar-refractivity contribution in [3.05, 3.63) is 67.6 Å². The van der Waals surface area contributed by atoms with Gasteiger partial charge in [0.1, 0.15) is 5.75 Å². The van der Waals surface area contributed by atoms with Gasteiger partial charge in [-0.15, -0.1) is 0 Å². The minimum absolute atomic E-state index is 0.295. The number of carbonyl (C=O) groups excluding carboxylic acids is 1. The van der Waals surface area contributed by atoms with Crippen LogP contribution >= 0.6 is 50.7 Å². The summed E-state index contributed by atoms with van der Waals surface area (Å²) < 4.78 is 5.94. The van der Waals surface area contributed by atoms with Gasteiger partial charge >= 0.3 is 5.97 Å². The first kappa shape index (κ1) is 16.4. The summed E-state index contributed by atoms with van der Waals surface area (Å²) >= 11 is 20.9. The molecule has 108 valence electrons. The zero-order chi connectivity index (χ0) is 15.4. The van der Waals surface area contributed by atoms with E-state index in [-0.39, 0.29) is 0 Å². The topological polar surface area (TPSA) is 26.3 Å². The maximum absolute atomic E-state index is 11.7. The summed E-state index contributed by atoms with van der Waals surface area (Å²) in [6.45, 7) is 0. The fourth-order valence-electron chi connectivity index (χ4n) is 1.48. The second-order valence-corrected chi connectivity index (χ2v) is 6.14. The highest BCUT2D eigenvalue weighted by molar-refractivity contribution is 9.10. The van der Waals surface area contributed by atoms with Crippen LogP contribution in [0.3, 0.4) is 0 Å². The van der Waals surface area contributed by atoms with E-state index in [2.05, 4.69) is 15.9 Å². The van der Waals surface area contributed by atoms with Crippen LogP contribution in [0.4, 0.5) is 0 Å². The Bertz CT molecular complexity index is 714. The minimum Gasteiger partial charge on any atom is -0.422 e. The second kappa shape index (κ2) is 7.32. The van der Waals surface area contributed by atoms with Gasteiger partial charge in [-0.1, -0.05) is 56.8 Å². The highest BCUT2D eigenvalue weighted by Gasteiger charge is 2.06. The first-order chi connectivity index (χ1) is 9.95. The molecule has 0 aromatic heterocycles. The van der Waals surface area contributed by atoms with Gasteiger partial charge in [0.15, 0.2) is 0 Å². The van der Waals surface area contributed by atoms with Gasteiger partial charge in [-0.25, -0.2) is 4.79 Å². The van der Waals surface area contributed by atoms with Gasteiger partial charge in [0.2, 0.25) is 0 Å². The van der Waals surface area contributed by atoms with Crippen LogP contribution in [0.1, 0.15) is 5.56 Å². The normalized spacial score (nSPS) is 10.9. The highest BCUT2D eigenvalue weighted by Crippen LogP contribution is 2.28. The first-order valence-electron chi connectivity index (χ1n) is 5.76. The lowest BCUT2D eigenvalue weighted by Gasteiger charge is -2.04. The van der Waals surface area contributed by atoms with Crippen molar-refractivity contribution in [3.8, 4) is 5.75 Å². The van der Waals surface area contributed by atoms with E-state index in [0.29, 0.717) is 20.8 Å². The molecule has 0 saturated heterocycles. The molecular formula is C15H8BrCl3O2. The van der Waals surface area contributed by atoms with Crippen molar-refractivity contribution in [3.63, 3.8) is 0 Å². The number of benzene rings is 2. The molecule has 0 fully saturated rings. The second-order valence-electron chi connectivity index (χ2n) is 4.00. The average Bonchev–Trinajstić information content (AvgIpc) is 2.43. The summed E-state index contributed by atoms with van der Waals surface area (Å²) in [5.74, 6) is -0.242.